The lowest BCUT2D eigenvalue weighted by molar-refractivity contribution is 0.150. The molecule has 5 nitrogen and oxygen atoms in total. The summed E-state index contributed by atoms with van der Waals surface area (Å²) in [4.78, 5) is 4.42. The fraction of sp³-hybridized carbons (Fsp3) is 0.533. The summed E-state index contributed by atoms with van der Waals surface area (Å²) in [5.74, 6) is 0.475. The highest BCUT2D eigenvalue weighted by atomic mass is 16.3. The first-order valence-corrected chi connectivity index (χ1v) is 7.25. The smallest absolute Gasteiger partial charge is 0.0853 e. The number of aryl methyl sites for hydroxylation is 1. The van der Waals surface area contributed by atoms with Gasteiger partial charge in [-0.1, -0.05) is 18.2 Å². The van der Waals surface area contributed by atoms with E-state index in [0.717, 1.165) is 30.7 Å². The molecule has 0 aromatic carbocycles. The molecule has 106 valence electrons. The molecule has 1 atom stereocenters. The maximum Gasteiger partial charge on any atom is 0.0853 e. The van der Waals surface area contributed by atoms with Crippen LogP contribution in [0.1, 0.15) is 36.7 Å². The number of hydrogen-bond donors (Lipinski definition) is 1. The highest BCUT2D eigenvalue weighted by molar-refractivity contribution is 5.14. The predicted octanol–water partition coefficient (Wildman–Crippen LogP) is 1.60. The molecule has 1 unspecified atom stereocenters. The standard InChI is InChI=1S/C15H20N4O/c1-2-11-3-6-13(16-8-11)9-19-10-14(17-18-19)7-15(20)12-4-5-12/h3,6,8,10,12,15,20H,2,4-5,7,9H2,1H3. The third kappa shape index (κ3) is 3.22. The van der Waals surface area contributed by atoms with E-state index in [1.54, 1.807) is 4.68 Å². The van der Waals surface area contributed by atoms with E-state index in [1.807, 2.05) is 18.5 Å². The highest BCUT2D eigenvalue weighted by Crippen LogP contribution is 2.33. The maximum atomic E-state index is 9.91. The Hall–Kier alpha value is -1.75. The summed E-state index contributed by atoms with van der Waals surface area (Å²) in [6, 6.07) is 4.12. The van der Waals surface area contributed by atoms with E-state index in [9.17, 15) is 5.11 Å². The van der Waals surface area contributed by atoms with Gasteiger partial charge in [0.15, 0.2) is 0 Å². The molecule has 0 amide bonds. The molecule has 0 saturated heterocycles. The summed E-state index contributed by atoms with van der Waals surface area (Å²) >= 11 is 0. The van der Waals surface area contributed by atoms with Crippen molar-refractivity contribution >= 4 is 0 Å². The van der Waals surface area contributed by atoms with Crippen LogP contribution in [0.3, 0.4) is 0 Å². The molecule has 1 aliphatic carbocycles. The largest absolute Gasteiger partial charge is 0.392 e. The molecule has 2 aromatic rings. The SMILES string of the molecule is CCc1ccc(Cn2cc(CC(O)C3CC3)nn2)nc1. The molecule has 0 bridgehead atoms. The van der Waals surface area contributed by atoms with Gasteiger partial charge in [-0.3, -0.25) is 4.98 Å². The topological polar surface area (TPSA) is 63.8 Å². The van der Waals surface area contributed by atoms with Crippen LogP contribution in [0.4, 0.5) is 0 Å². The fourth-order valence-electron chi connectivity index (χ4n) is 2.30. The molecule has 0 radical (unpaired) electrons. The zero-order valence-corrected chi connectivity index (χ0v) is 11.7. The Morgan fingerprint density at radius 3 is 2.85 bits per heavy atom. The van der Waals surface area contributed by atoms with Gasteiger partial charge in [0.05, 0.1) is 24.0 Å². The van der Waals surface area contributed by atoms with E-state index in [4.69, 9.17) is 0 Å². The van der Waals surface area contributed by atoms with Crippen molar-refractivity contribution in [1.82, 2.24) is 20.0 Å². The Balaban J connectivity index is 1.60. The zero-order chi connectivity index (χ0) is 13.9. The van der Waals surface area contributed by atoms with Crippen LogP contribution in [0.25, 0.3) is 0 Å². The normalized spacial score (nSPS) is 16.3. The first-order chi connectivity index (χ1) is 9.74. The van der Waals surface area contributed by atoms with E-state index in [1.165, 1.54) is 5.56 Å². The lowest BCUT2D eigenvalue weighted by atomic mass is 10.1. The van der Waals surface area contributed by atoms with Gasteiger partial charge >= 0.3 is 0 Å². The molecule has 20 heavy (non-hydrogen) atoms. The van der Waals surface area contributed by atoms with Crippen molar-refractivity contribution in [3.63, 3.8) is 0 Å². The number of rotatable bonds is 6. The molecular weight excluding hydrogens is 252 g/mol. The van der Waals surface area contributed by atoms with Gasteiger partial charge in [0.2, 0.25) is 0 Å². The Morgan fingerprint density at radius 1 is 1.35 bits per heavy atom. The van der Waals surface area contributed by atoms with E-state index >= 15 is 0 Å². The summed E-state index contributed by atoms with van der Waals surface area (Å²) in [6.45, 7) is 2.74. The molecule has 2 aromatic heterocycles. The monoisotopic (exact) mass is 272 g/mol. The minimum atomic E-state index is -0.262. The number of aromatic nitrogens is 4. The highest BCUT2D eigenvalue weighted by Gasteiger charge is 2.30. The quantitative estimate of drug-likeness (QED) is 0.867. The lowest BCUT2D eigenvalue weighted by Gasteiger charge is -2.05. The van der Waals surface area contributed by atoms with Gasteiger partial charge in [-0.2, -0.15) is 0 Å². The molecule has 1 N–H and O–H groups in total. The molecule has 1 aliphatic rings. The van der Waals surface area contributed by atoms with Crippen molar-refractivity contribution < 1.29 is 5.11 Å². The molecule has 1 fully saturated rings. The number of aliphatic hydroxyl groups excluding tert-OH is 1. The van der Waals surface area contributed by atoms with Crippen LogP contribution < -0.4 is 0 Å². The fourth-order valence-corrected chi connectivity index (χ4v) is 2.30. The van der Waals surface area contributed by atoms with Crippen LogP contribution in [0.5, 0.6) is 0 Å². The van der Waals surface area contributed by atoms with Crippen molar-refractivity contribution in [3.05, 3.63) is 41.5 Å². The van der Waals surface area contributed by atoms with Crippen LogP contribution in [-0.4, -0.2) is 31.2 Å². The summed E-state index contributed by atoms with van der Waals surface area (Å²) < 4.78 is 1.78. The van der Waals surface area contributed by atoms with Gasteiger partial charge < -0.3 is 5.11 Å². The number of hydrogen-bond acceptors (Lipinski definition) is 4. The van der Waals surface area contributed by atoms with Crippen molar-refractivity contribution in [2.45, 2.75) is 45.3 Å². The van der Waals surface area contributed by atoms with Crippen molar-refractivity contribution in [2.24, 2.45) is 5.92 Å². The van der Waals surface area contributed by atoms with Gasteiger partial charge in [0.1, 0.15) is 0 Å². The lowest BCUT2D eigenvalue weighted by Crippen LogP contribution is -2.12. The summed E-state index contributed by atoms with van der Waals surface area (Å²) in [7, 11) is 0. The zero-order valence-electron chi connectivity index (χ0n) is 11.7. The van der Waals surface area contributed by atoms with Gasteiger partial charge in [-0.05, 0) is 36.8 Å². The minimum absolute atomic E-state index is 0.262. The molecule has 0 aliphatic heterocycles. The second kappa shape index (κ2) is 5.71. The van der Waals surface area contributed by atoms with Crippen LogP contribution in [0.2, 0.25) is 0 Å². The Morgan fingerprint density at radius 2 is 2.20 bits per heavy atom. The van der Waals surface area contributed by atoms with E-state index in [-0.39, 0.29) is 6.10 Å². The predicted molar refractivity (Wildman–Crippen MR) is 75.2 cm³/mol. The van der Waals surface area contributed by atoms with Gasteiger partial charge in [0.25, 0.3) is 0 Å². The van der Waals surface area contributed by atoms with Crippen molar-refractivity contribution in [2.75, 3.05) is 0 Å². The van der Waals surface area contributed by atoms with Crippen LogP contribution in [-0.2, 0) is 19.4 Å². The number of pyridine rings is 1. The minimum Gasteiger partial charge on any atom is -0.392 e. The Kier molecular flexibility index (Phi) is 3.78. The van der Waals surface area contributed by atoms with Gasteiger partial charge in [-0.25, -0.2) is 4.68 Å². The summed E-state index contributed by atoms with van der Waals surface area (Å²) in [5, 5.41) is 18.1. The third-order valence-corrected chi connectivity index (χ3v) is 3.79. The second-order valence-corrected chi connectivity index (χ2v) is 5.53. The van der Waals surface area contributed by atoms with Gasteiger partial charge in [0, 0.05) is 18.8 Å². The first kappa shape index (κ1) is 13.2. The molecule has 5 heteroatoms. The van der Waals surface area contributed by atoms with Crippen molar-refractivity contribution in [1.29, 1.82) is 0 Å². The van der Waals surface area contributed by atoms with E-state index in [0.29, 0.717) is 18.9 Å². The third-order valence-electron chi connectivity index (χ3n) is 3.79. The molecule has 2 heterocycles. The number of nitrogens with zero attached hydrogens (tertiary/aromatic N) is 4. The summed E-state index contributed by atoms with van der Waals surface area (Å²) in [6.07, 6.45) is 7.44. The van der Waals surface area contributed by atoms with Crippen LogP contribution >= 0.6 is 0 Å². The van der Waals surface area contributed by atoms with Crippen molar-refractivity contribution in [3.8, 4) is 0 Å². The van der Waals surface area contributed by atoms with Gasteiger partial charge in [-0.15, -0.1) is 5.10 Å². The number of aliphatic hydroxyl groups is 1. The molecule has 3 rings (SSSR count). The van der Waals surface area contributed by atoms with E-state index in [2.05, 4.69) is 28.3 Å². The van der Waals surface area contributed by atoms with E-state index < -0.39 is 0 Å². The van der Waals surface area contributed by atoms with Crippen LogP contribution in [0, 0.1) is 5.92 Å². The second-order valence-electron chi connectivity index (χ2n) is 5.53. The molecular formula is C15H20N4O. The molecule has 0 spiro atoms. The average molecular weight is 272 g/mol. The average Bonchev–Trinajstić information content (AvgIpc) is 3.23. The Labute approximate surface area is 118 Å². The van der Waals surface area contributed by atoms with Crippen LogP contribution in [0.15, 0.2) is 24.5 Å². The first-order valence-electron chi connectivity index (χ1n) is 7.25. The Bertz CT molecular complexity index is 560. The molecule has 1 saturated carbocycles. The maximum absolute atomic E-state index is 9.91. The summed E-state index contributed by atoms with van der Waals surface area (Å²) in [5.41, 5.74) is 3.07.